The average molecular weight is 366 g/mol. The summed E-state index contributed by atoms with van der Waals surface area (Å²) < 4.78 is 10.2. The number of aryl methyl sites for hydroxylation is 1. The van der Waals surface area contributed by atoms with E-state index in [4.69, 9.17) is 9.47 Å². The summed E-state index contributed by atoms with van der Waals surface area (Å²) in [5.41, 5.74) is 5.70. The van der Waals surface area contributed by atoms with Crippen molar-refractivity contribution in [1.82, 2.24) is 15.0 Å². The third-order valence-corrected chi connectivity index (χ3v) is 4.87. The van der Waals surface area contributed by atoms with Crippen molar-refractivity contribution in [2.45, 2.75) is 12.8 Å². The summed E-state index contributed by atoms with van der Waals surface area (Å²) in [5, 5.41) is 0. The van der Waals surface area contributed by atoms with Crippen LogP contribution >= 0.6 is 0 Å². The molecule has 0 amide bonds. The summed E-state index contributed by atoms with van der Waals surface area (Å²) >= 11 is 0. The molecular weight excluding hydrogens is 344 g/mol. The predicted molar refractivity (Wildman–Crippen MR) is 103 cm³/mol. The van der Waals surface area contributed by atoms with Crippen LogP contribution in [0.25, 0.3) is 22.4 Å². The van der Waals surface area contributed by atoms with E-state index in [9.17, 15) is 4.79 Å². The number of nitrogens with one attached hydrogen (secondary N) is 1. The van der Waals surface area contributed by atoms with E-state index in [-0.39, 0.29) is 5.97 Å². The summed E-state index contributed by atoms with van der Waals surface area (Å²) in [6, 6.07) is 8.43. The minimum atomic E-state index is -0.234. The first-order chi connectivity index (χ1) is 13.3. The summed E-state index contributed by atoms with van der Waals surface area (Å²) in [7, 11) is 1.41. The number of esters is 1. The lowest BCUT2D eigenvalue weighted by atomic mass is 10.0. The molecule has 1 saturated heterocycles. The van der Waals surface area contributed by atoms with Crippen LogP contribution in [0.1, 0.15) is 12.0 Å². The largest absolute Gasteiger partial charge is 0.469 e. The number of aromatic nitrogens is 3. The number of carbonyl (C=O) groups is 1. The quantitative estimate of drug-likeness (QED) is 0.699. The van der Waals surface area contributed by atoms with Gasteiger partial charge in [0.05, 0.1) is 26.0 Å². The Labute approximate surface area is 157 Å². The number of morpholine rings is 1. The van der Waals surface area contributed by atoms with Crippen LogP contribution in [-0.4, -0.2) is 54.3 Å². The summed E-state index contributed by atoms with van der Waals surface area (Å²) in [6.45, 7) is 3.34. The van der Waals surface area contributed by atoms with E-state index in [1.165, 1.54) is 12.8 Å². The van der Waals surface area contributed by atoms with Gasteiger partial charge in [-0.2, -0.15) is 0 Å². The normalized spacial score (nSPS) is 14.5. The number of hydrogen-bond acceptors (Lipinski definition) is 6. The maximum atomic E-state index is 11.6. The molecule has 1 aliphatic heterocycles. The van der Waals surface area contributed by atoms with Crippen molar-refractivity contribution in [3.8, 4) is 11.3 Å². The highest BCUT2D eigenvalue weighted by Gasteiger charge is 2.17. The van der Waals surface area contributed by atoms with Crippen LogP contribution in [0.3, 0.4) is 0 Å². The lowest BCUT2D eigenvalue weighted by molar-refractivity contribution is -0.140. The minimum Gasteiger partial charge on any atom is -0.469 e. The van der Waals surface area contributed by atoms with Crippen molar-refractivity contribution in [2.75, 3.05) is 38.3 Å². The first-order valence-electron chi connectivity index (χ1n) is 9.08. The van der Waals surface area contributed by atoms with Crippen LogP contribution in [-0.2, 0) is 20.7 Å². The van der Waals surface area contributed by atoms with Gasteiger partial charge in [-0.1, -0.05) is 12.1 Å². The van der Waals surface area contributed by atoms with Crippen LogP contribution in [0.2, 0.25) is 0 Å². The molecule has 7 heteroatoms. The highest BCUT2D eigenvalue weighted by molar-refractivity contribution is 5.86. The van der Waals surface area contributed by atoms with Gasteiger partial charge in [0.1, 0.15) is 5.52 Å². The van der Waals surface area contributed by atoms with Gasteiger partial charge in [0.15, 0.2) is 5.65 Å². The molecule has 0 atom stereocenters. The molecule has 3 aromatic rings. The second kappa shape index (κ2) is 7.75. The molecule has 140 valence electrons. The molecular formula is C20H22N4O3. The molecule has 0 unspecified atom stereocenters. The van der Waals surface area contributed by atoms with Gasteiger partial charge in [-0.3, -0.25) is 9.78 Å². The zero-order valence-corrected chi connectivity index (χ0v) is 15.3. The van der Waals surface area contributed by atoms with E-state index in [2.05, 4.69) is 44.1 Å². The monoisotopic (exact) mass is 366 g/mol. The average Bonchev–Trinajstić information content (AvgIpc) is 3.11. The van der Waals surface area contributed by atoms with Gasteiger partial charge < -0.3 is 19.4 Å². The Kier molecular flexibility index (Phi) is 5.02. The molecule has 1 aliphatic rings. The van der Waals surface area contributed by atoms with Gasteiger partial charge >= 0.3 is 5.97 Å². The lowest BCUT2D eigenvalue weighted by Crippen LogP contribution is -2.36. The number of ether oxygens (including phenoxy) is 2. The fraction of sp³-hybridized carbons (Fsp3) is 0.350. The Morgan fingerprint density at radius 1 is 1.19 bits per heavy atom. The Hall–Kier alpha value is -2.93. The van der Waals surface area contributed by atoms with Gasteiger partial charge in [-0.15, -0.1) is 0 Å². The number of benzene rings is 1. The molecule has 0 aliphatic carbocycles. The summed E-state index contributed by atoms with van der Waals surface area (Å²) in [6.07, 6.45) is 4.18. The van der Waals surface area contributed by atoms with Gasteiger partial charge in [0, 0.05) is 43.2 Å². The molecule has 1 N–H and O–H groups in total. The van der Waals surface area contributed by atoms with E-state index in [0.717, 1.165) is 54.3 Å². The van der Waals surface area contributed by atoms with Gasteiger partial charge in [0.2, 0.25) is 0 Å². The van der Waals surface area contributed by atoms with Crippen molar-refractivity contribution in [3.05, 3.63) is 42.2 Å². The number of fused-ring (bicyclic) bond motifs is 1. The topological polar surface area (TPSA) is 80.3 Å². The SMILES string of the molecule is COC(=O)CCc1c(-c2ccc(N3CCOCC3)cc2)[nH]c2nccnc12. The molecule has 27 heavy (non-hydrogen) atoms. The molecule has 0 spiro atoms. The van der Waals surface area contributed by atoms with Crippen molar-refractivity contribution in [2.24, 2.45) is 0 Å². The van der Waals surface area contributed by atoms with Crippen molar-refractivity contribution in [1.29, 1.82) is 0 Å². The van der Waals surface area contributed by atoms with Crippen molar-refractivity contribution in [3.63, 3.8) is 0 Å². The lowest BCUT2D eigenvalue weighted by Gasteiger charge is -2.28. The van der Waals surface area contributed by atoms with Crippen LogP contribution in [0.15, 0.2) is 36.7 Å². The predicted octanol–water partition coefficient (Wildman–Crippen LogP) is 2.57. The minimum absolute atomic E-state index is 0.234. The first-order valence-corrected chi connectivity index (χ1v) is 9.08. The van der Waals surface area contributed by atoms with Crippen LogP contribution in [0.4, 0.5) is 5.69 Å². The molecule has 4 rings (SSSR count). The number of methoxy groups -OCH3 is 1. The Bertz CT molecular complexity index is 930. The van der Waals surface area contributed by atoms with Crippen LogP contribution in [0.5, 0.6) is 0 Å². The maximum Gasteiger partial charge on any atom is 0.305 e. The van der Waals surface area contributed by atoms with Gasteiger partial charge in [-0.05, 0) is 24.1 Å². The number of hydrogen-bond donors (Lipinski definition) is 1. The fourth-order valence-electron chi connectivity index (χ4n) is 3.44. The van der Waals surface area contributed by atoms with E-state index in [0.29, 0.717) is 12.8 Å². The standard InChI is InChI=1S/C20H22N4O3/c1-26-17(25)7-6-16-18(23-20-19(16)21-8-9-22-20)14-2-4-15(5-3-14)24-10-12-27-13-11-24/h2-5,8-9H,6-7,10-13H2,1H3,(H,22,23). The fourth-order valence-corrected chi connectivity index (χ4v) is 3.44. The Morgan fingerprint density at radius 2 is 1.93 bits per heavy atom. The third kappa shape index (κ3) is 3.64. The molecule has 7 nitrogen and oxygen atoms in total. The molecule has 1 fully saturated rings. The third-order valence-electron chi connectivity index (χ3n) is 4.87. The van der Waals surface area contributed by atoms with Gasteiger partial charge in [-0.25, -0.2) is 4.98 Å². The van der Waals surface area contributed by atoms with E-state index >= 15 is 0 Å². The van der Waals surface area contributed by atoms with E-state index in [1.807, 2.05) is 0 Å². The van der Waals surface area contributed by atoms with Crippen LogP contribution < -0.4 is 4.90 Å². The van der Waals surface area contributed by atoms with Crippen molar-refractivity contribution < 1.29 is 14.3 Å². The first kappa shape index (κ1) is 17.5. The number of nitrogens with zero attached hydrogens (tertiary/aromatic N) is 3. The summed E-state index contributed by atoms with van der Waals surface area (Å²) in [4.78, 5) is 26.1. The highest BCUT2D eigenvalue weighted by Crippen LogP contribution is 2.31. The highest BCUT2D eigenvalue weighted by atomic mass is 16.5. The molecule has 0 saturated carbocycles. The van der Waals surface area contributed by atoms with Crippen molar-refractivity contribution >= 4 is 22.8 Å². The number of H-pyrrole nitrogens is 1. The molecule has 0 radical (unpaired) electrons. The Balaban J connectivity index is 1.66. The van der Waals surface area contributed by atoms with E-state index in [1.54, 1.807) is 12.4 Å². The zero-order chi connectivity index (χ0) is 18.6. The number of carbonyl (C=O) groups excluding carboxylic acids is 1. The zero-order valence-electron chi connectivity index (χ0n) is 15.3. The van der Waals surface area contributed by atoms with E-state index < -0.39 is 0 Å². The summed E-state index contributed by atoms with van der Waals surface area (Å²) in [5.74, 6) is -0.234. The number of aromatic amines is 1. The molecule has 2 aromatic heterocycles. The Morgan fingerprint density at radius 3 is 2.67 bits per heavy atom. The van der Waals surface area contributed by atoms with Crippen LogP contribution in [0, 0.1) is 0 Å². The number of rotatable bonds is 5. The molecule has 3 heterocycles. The maximum absolute atomic E-state index is 11.6. The second-order valence-corrected chi connectivity index (χ2v) is 6.45. The second-order valence-electron chi connectivity index (χ2n) is 6.45. The number of anilines is 1. The van der Waals surface area contributed by atoms with Gasteiger partial charge in [0.25, 0.3) is 0 Å². The molecule has 0 bridgehead atoms. The smallest absolute Gasteiger partial charge is 0.305 e. The molecule has 1 aromatic carbocycles.